The Balaban J connectivity index is 1.65. The van der Waals surface area contributed by atoms with Crippen LogP contribution in [0.2, 0.25) is 0 Å². The lowest BCUT2D eigenvalue weighted by Gasteiger charge is -2.13. The number of carbonyl (C=O) groups excluding carboxylic acids is 2. The zero-order chi connectivity index (χ0) is 17.8. The van der Waals surface area contributed by atoms with Crippen LogP contribution in [0.3, 0.4) is 0 Å². The van der Waals surface area contributed by atoms with Gasteiger partial charge in [0.2, 0.25) is 5.91 Å². The molecule has 0 radical (unpaired) electrons. The van der Waals surface area contributed by atoms with Crippen LogP contribution < -0.4 is 16.0 Å². The van der Waals surface area contributed by atoms with Gasteiger partial charge in [-0.25, -0.2) is 0 Å². The Morgan fingerprint density at radius 2 is 1.92 bits per heavy atom. The van der Waals surface area contributed by atoms with E-state index < -0.39 is 0 Å². The number of hydrogen-bond acceptors (Lipinski definition) is 3. The van der Waals surface area contributed by atoms with Crippen LogP contribution in [0, 0.1) is 6.92 Å². The first-order valence-electron chi connectivity index (χ1n) is 8.60. The Hall–Kier alpha value is -2.66. The van der Waals surface area contributed by atoms with Gasteiger partial charge in [-0.1, -0.05) is 30.7 Å². The van der Waals surface area contributed by atoms with Crippen molar-refractivity contribution < 1.29 is 9.59 Å². The number of benzene rings is 2. The van der Waals surface area contributed by atoms with E-state index in [1.54, 1.807) is 24.3 Å². The van der Waals surface area contributed by atoms with Gasteiger partial charge in [0.1, 0.15) is 6.04 Å². The van der Waals surface area contributed by atoms with E-state index in [-0.39, 0.29) is 17.9 Å². The van der Waals surface area contributed by atoms with Crippen molar-refractivity contribution in [3.05, 3.63) is 64.7 Å². The van der Waals surface area contributed by atoms with Crippen LogP contribution in [0.15, 0.2) is 42.5 Å². The number of anilines is 1. The van der Waals surface area contributed by atoms with Gasteiger partial charge in [-0.15, -0.1) is 0 Å². The Labute approximate surface area is 147 Å². The van der Waals surface area contributed by atoms with Crippen LogP contribution in [0.4, 0.5) is 5.69 Å². The second kappa shape index (κ2) is 7.49. The van der Waals surface area contributed by atoms with E-state index in [1.807, 2.05) is 26.0 Å². The zero-order valence-electron chi connectivity index (χ0n) is 14.6. The van der Waals surface area contributed by atoms with Gasteiger partial charge in [0.05, 0.1) is 0 Å². The maximum Gasteiger partial charge on any atom is 0.251 e. The van der Waals surface area contributed by atoms with Crippen molar-refractivity contribution in [2.75, 3.05) is 11.9 Å². The van der Waals surface area contributed by atoms with E-state index in [9.17, 15) is 9.59 Å². The molecule has 5 heteroatoms. The summed E-state index contributed by atoms with van der Waals surface area (Å²) >= 11 is 0. The molecular weight excluding hydrogens is 314 g/mol. The smallest absolute Gasteiger partial charge is 0.251 e. The molecule has 0 saturated carbocycles. The predicted molar refractivity (Wildman–Crippen MR) is 98.5 cm³/mol. The van der Waals surface area contributed by atoms with E-state index in [1.165, 1.54) is 11.1 Å². The first kappa shape index (κ1) is 17.2. The maximum absolute atomic E-state index is 12.6. The minimum Gasteiger partial charge on any atom is -0.352 e. The molecule has 2 aromatic carbocycles. The normalized spacial score (nSPS) is 15.5. The van der Waals surface area contributed by atoms with Crippen LogP contribution in [-0.2, 0) is 11.3 Å². The molecule has 0 saturated heterocycles. The fourth-order valence-electron chi connectivity index (χ4n) is 2.99. The van der Waals surface area contributed by atoms with Crippen molar-refractivity contribution in [1.82, 2.24) is 10.6 Å². The highest BCUT2D eigenvalue weighted by atomic mass is 16.2. The predicted octanol–water partition coefficient (Wildman–Crippen LogP) is 2.92. The summed E-state index contributed by atoms with van der Waals surface area (Å²) in [6.07, 6.45) is 0.898. The van der Waals surface area contributed by atoms with Gasteiger partial charge in [-0.2, -0.15) is 0 Å². The summed E-state index contributed by atoms with van der Waals surface area (Å²) in [4.78, 5) is 24.5. The topological polar surface area (TPSA) is 70.2 Å². The van der Waals surface area contributed by atoms with Crippen LogP contribution in [-0.4, -0.2) is 18.4 Å². The van der Waals surface area contributed by atoms with Gasteiger partial charge in [0.25, 0.3) is 5.91 Å². The molecule has 1 aliphatic rings. The molecule has 25 heavy (non-hydrogen) atoms. The lowest BCUT2D eigenvalue weighted by Crippen LogP contribution is -2.28. The van der Waals surface area contributed by atoms with Crippen LogP contribution in [0.25, 0.3) is 0 Å². The number of carbonyl (C=O) groups is 2. The minimum absolute atomic E-state index is 0.0919. The Bertz CT molecular complexity index is 784. The second-order valence-corrected chi connectivity index (χ2v) is 6.34. The van der Waals surface area contributed by atoms with Crippen molar-refractivity contribution in [1.29, 1.82) is 0 Å². The van der Waals surface area contributed by atoms with Gasteiger partial charge in [0.15, 0.2) is 0 Å². The molecule has 5 nitrogen and oxygen atoms in total. The fraction of sp³-hybridized carbons (Fsp3) is 0.300. The molecule has 130 valence electrons. The molecule has 1 heterocycles. The summed E-state index contributed by atoms with van der Waals surface area (Å²) in [7, 11) is 0. The molecule has 1 atom stereocenters. The van der Waals surface area contributed by atoms with Crippen LogP contribution in [0.1, 0.15) is 46.4 Å². The quantitative estimate of drug-likeness (QED) is 0.786. The fourth-order valence-corrected chi connectivity index (χ4v) is 2.99. The number of rotatable bonds is 5. The minimum atomic E-state index is -0.344. The summed E-state index contributed by atoms with van der Waals surface area (Å²) in [6.45, 7) is 5.41. The van der Waals surface area contributed by atoms with Crippen LogP contribution in [0.5, 0.6) is 0 Å². The van der Waals surface area contributed by atoms with Crippen molar-refractivity contribution in [2.45, 2.75) is 32.9 Å². The van der Waals surface area contributed by atoms with Crippen LogP contribution >= 0.6 is 0 Å². The molecule has 0 bridgehead atoms. The summed E-state index contributed by atoms with van der Waals surface area (Å²) in [5.41, 5.74) is 4.66. The van der Waals surface area contributed by atoms with Gasteiger partial charge in [0, 0.05) is 24.3 Å². The Morgan fingerprint density at radius 3 is 2.64 bits per heavy atom. The third-order valence-electron chi connectivity index (χ3n) is 4.32. The van der Waals surface area contributed by atoms with Crippen molar-refractivity contribution >= 4 is 17.5 Å². The molecule has 0 aromatic heterocycles. The monoisotopic (exact) mass is 337 g/mol. The third kappa shape index (κ3) is 3.88. The molecule has 2 amide bonds. The molecule has 0 fully saturated rings. The molecule has 0 aliphatic carbocycles. The summed E-state index contributed by atoms with van der Waals surface area (Å²) in [5, 5.41) is 8.99. The van der Waals surface area contributed by atoms with Gasteiger partial charge >= 0.3 is 0 Å². The largest absolute Gasteiger partial charge is 0.352 e. The van der Waals surface area contributed by atoms with E-state index in [4.69, 9.17) is 0 Å². The van der Waals surface area contributed by atoms with E-state index in [0.29, 0.717) is 24.3 Å². The molecule has 1 aliphatic heterocycles. The van der Waals surface area contributed by atoms with Crippen molar-refractivity contribution in [3.63, 3.8) is 0 Å². The number of hydrogen-bond donors (Lipinski definition) is 3. The number of aryl methyl sites for hydroxylation is 1. The van der Waals surface area contributed by atoms with Gasteiger partial charge in [-0.3, -0.25) is 14.9 Å². The summed E-state index contributed by atoms with van der Waals surface area (Å²) in [5.74, 6) is -0.188. The first-order chi connectivity index (χ1) is 12.1. The standard InChI is InChI=1S/C20H23N3O2/c1-3-10-21-19(24)14-5-7-16(8-6-14)23-20(25)18-17-9-4-13(2)11-15(17)12-22-18/h4-9,11,18,22H,3,10,12H2,1-2H3,(H,21,24)(H,23,25). The molecule has 1 unspecified atom stereocenters. The molecular formula is C20H23N3O2. The highest BCUT2D eigenvalue weighted by molar-refractivity contribution is 5.98. The highest BCUT2D eigenvalue weighted by Gasteiger charge is 2.28. The highest BCUT2D eigenvalue weighted by Crippen LogP contribution is 2.27. The molecule has 3 N–H and O–H groups in total. The average Bonchev–Trinajstić information content (AvgIpc) is 3.03. The van der Waals surface area contributed by atoms with Gasteiger partial charge < -0.3 is 10.6 Å². The first-order valence-corrected chi connectivity index (χ1v) is 8.60. The van der Waals surface area contributed by atoms with Gasteiger partial charge in [-0.05, 0) is 48.7 Å². The average molecular weight is 337 g/mol. The third-order valence-corrected chi connectivity index (χ3v) is 4.32. The maximum atomic E-state index is 12.6. The molecule has 2 aromatic rings. The van der Waals surface area contributed by atoms with Crippen molar-refractivity contribution in [3.8, 4) is 0 Å². The number of fused-ring (bicyclic) bond motifs is 1. The summed E-state index contributed by atoms with van der Waals surface area (Å²) in [6, 6.07) is 12.8. The zero-order valence-corrected chi connectivity index (χ0v) is 14.6. The summed E-state index contributed by atoms with van der Waals surface area (Å²) < 4.78 is 0. The lowest BCUT2D eigenvalue weighted by molar-refractivity contribution is -0.118. The Kier molecular flexibility index (Phi) is 5.14. The Morgan fingerprint density at radius 1 is 1.16 bits per heavy atom. The van der Waals surface area contributed by atoms with Crippen molar-refractivity contribution in [2.24, 2.45) is 0 Å². The number of amides is 2. The van der Waals surface area contributed by atoms with E-state index in [2.05, 4.69) is 22.0 Å². The second-order valence-electron chi connectivity index (χ2n) is 6.34. The van der Waals surface area contributed by atoms with E-state index >= 15 is 0 Å². The molecule has 0 spiro atoms. The lowest BCUT2D eigenvalue weighted by atomic mass is 10.0. The molecule has 3 rings (SSSR count). The number of nitrogens with one attached hydrogen (secondary N) is 3. The SMILES string of the molecule is CCCNC(=O)c1ccc(NC(=O)C2NCc3cc(C)ccc32)cc1. The van der Waals surface area contributed by atoms with E-state index in [0.717, 1.165) is 12.0 Å².